The smallest absolute Gasteiger partial charge is 0.348 e. The largest absolute Gasteiger partial charge is 0.462 e. The zero-order valence-corrected chi connectivity index (χ0v) is 14.1. The Kier molecular flexibility index (Phi) is 4.31. The molecule has 0 aliphatic carbocycles. The summed E-state index contributed by atoms with van der Waals surface area (Å²) in [7, 11) is 0. The molecule has 0 atom stereocenters. The van der Waals surface area contributed by atoms with E-state index in [4.69, 9.17) is 4.74 Å². The molecule has 3 heterocycles. The van der Waals surface area contributed by atoms with Gasteiger partial charge in [0.25, 0.3) is 5.91 Å². The van der Waals surface area contributed by atoms with Gasteiger partial charge in [0.05, 0.1) is 12.2 Å². The number of hydrogen-bond donors (Lipinski definition) is 1. The van der Waals surface area contributed by atoms with E-state index in [0.717, 1.165) is 30.0 Å². The number of anilines is 1. The average Bonchev–Trinajstić information content (AvgIpc) is 3.21. The van der Waals surface area contributed by atoms with Crippen molar-refractivity contribution in [1.29, 1.82) is 5.26 Å². The van der Waals surface area contributed by atoms with Crippen LogP contribution in [0.4, 0.5) is 5.00 Å². The highest BCUT2D eigenvalue weighted by Gasteiger charge is 2.26. The Balaban J connectivity index is 1.89. The number of nitriles is 1. The van der Waals surface area contributed by atoms with Gasteiger partial charge >= 0.3 is 5.97 Å². The maximum atomic E-state index is 12.5. The second-order valence-electron chi connectivity index (χ2n) is 5.24. The molecular formula is C15H15N5O3S. The standard InChI is InChI=1S/C15H15N5O3S/c1-3-23-15(22)11-8(2)9(7-16)14(24-11)17-13(21)12-19-18-10-5-4-6-20(10)12/h3-6H2,1-2H3,(H,17,21). The SMILES string of the molecule is CCOC(=O)c1sc(NC(=O)c2nnc3n2CCC3)c(C#N)c1C. The van der Waals surface area contributed by atoms with E-state index in [1.54, 1.807) is 18.4 Å². The van der Waals surface area contributed by atoms with Crippen molar-refractivity contribution in [3.05, 3.63) is 27.7 Å². The maximum Gasteiger partial charge on any atom is 0.348 e. The molecule has 2 aromatic heterocycles. The number of fused-ring (bicyclic) bond motifs is 1. The molecule has 0 radical (unpaired) electrons. The van der Waals surface area contributed by atoms with E-state index in [9.17, 15) is 14.9 Å². The number of nitrogens with zero attached hydrogens (tertiary/aromatic N) is 4. The summed E-state index contributed by atoms with van der Waals surface area (Å²) in [6, 6.07) is 2.03. The molecule has 1 amide bonds. The normalized spacial score (nSPS) is 12.5. The summed E-state index contributed by atoms with van der Waals surface area (Å²) in [6.07, 6.45) is 1.73. The van der Waals surface area contributed by atoms with Gasteiger partial charge in [-0.05, 0) is 25.8 Å². The van der Waals surface area contributed by atoms with Gasteiger partial charge in [0.15, 0.2) is 0 Å². The Morgan fingerprint density at radius 3 is 2.96 bits per heavy atom. The summed E-state index contributed by atoms with van der Waals surface area (Å²) >= 11 is 1.03. The molecule has 0 saturated carbocycles. The Morgan fingerprint density at radius 2 is 2.25 bits per heavy atom. The van der Waals surface area contributed by atoms with E-state index in [1.165, 1.54) is 0 Å². The lowest BCUT2D eigenvalue weighted by Gasteiger charge is -2.03. The number of rotatable bonds is 4. The first kappa shape index (κ1) is 16.1. The van der Waals surface area contributed by atoms with Crippen molar-refractivity contribution in [2.45, 2.75) is 33.2 Å². The van der Waals surface area contributed by atoms with Crippen LogP contribution in [0.5, 0.6) is 0 Å². The Hall–Kier alpha value is -2.73. The van der Waals surface area contributed by atoms with Gasteiger partial charge in [-0.15, -0.1) is 21.5 Å². The van der Waals surface area contributed by atoms with Crippen molar-refractivity contribution in [3.8, 4) is 6.07 Å². The molecule has 0 bridgehead atoms. The Labute approximate surface area is 142 Å². The van der Waals surface area contributed by atoms with Gasteiger partial charge in [0, 0.05) is 13.0 Å². The zero-order chi connectivity index (χ0) is 17.3. The molecule has 124 valence electrons. The molecule has 2 aromatic rings. The van der Waals surface area contributed by atoms with Gasteiger partial charge in [0.1, 0.15) is 21.8 Å². The van der Waals surface area contributed by atoms with Crippen LogP contribution in [0.25, 0.3) is 0 Å². The van der Waals surface area contributed by atoms with Gasteiger partial charge in [-0.1, -0.05) is 0 Å². The number of carbonyl (C=O) groups excluding carboxylic acids is 2. The third-order valence-corrected chi connectivity index (χ3v) is 4.95. The van der Waals surface area contributed by atoms with Crippen molar-refractivity contribution in [1.82, 2.24) is 14.8 Å². The van der Waals surface area contributed by atoms with Crippen LogP contribution in [-0.4, -0.2) is 33.2 Å². The molecule has 0 fully saturated rings. The summed E-state index contributed by atoms with van der Waals surface area (Å²) in [5, 5.41) is 20.2. The van der Waals surface area contributed by atoms with Gasteiger partial charge in [0.2, 0.25) is 5.82 Å². The summed E-state index contributed by atoms with van der Waals surface area (Å²) in [5.41, 5.74) is 0.764. The minimum absolute atomic E-state index is 0.218. The van der Waals surface area contributed by atoms with Crippen molar-refractivity contribution in [2.24, 2.45) is 0 Å². The first-order chi connectivity index (χ1) is 11.6. The third kappa shape index (κ3) is 2.65. The third-order valence-electron chi connectivity index (χ3n) is 3.76. The topological polar surface area (TPSA) is 110 Å². The first-order valence-electron chi connectivity index (χ1n) is 7.50. The van der Waals surface area contributed by atoms with Crippen LogP contribution in [0.2, 0.25) is 0 Å². The number of aryl methyl sites for hydroxylation is 1. The van der Waals surface area contributed by atoms with Crippen molar-refractivity contribution in [3.63, 3.8) is 0 Å². The highest BCUT2D eigenvalue weighted by molar-refractivity contribution is 7.18. The Bertz CT molecular complexity index is 861. The van der Waals surface area contributed by atoms with E-state index in [0.29, 0.717) is 22.0 Å². The van der Waals surface area contributed by atoms with Crippen LogP contribution in [0.3, 0.4) is 0 Å². The number of carbonyl (C=O) groups is 2. The molecule has 0 aromatic carbocycles. The van der Waals surface area contributed by atoms with E-state index < -0.39 is 11.9 Å². The predicted octanol–water partition coefficient (Wildman–Crippen LogP) is 1.89. The van der Waals surface area contributed by atoms with Crippen LogP contribution in [-0.2, 0) is 17.7 Å². The van der Waals surface area contributed by atoms with Crippen LogP contribution in [0.15, 0.2) is 0 Å². The molecule has 1 N–H and O–H groups in total. The molecular weight excluding hydrogens is 330 g/mol. The predicted molar refractivity (Wildman–Crippen MR) is 86.0 cm³/mol. The van der Waals surface area contributed by atoms with Crippen molar-refractivity contribution < 1.29 is 14.3 Å². The fraction of sp³-hybridized carbons (Fsp3) is 0.400. The molecule has 9 heteroatoms. The average molecular weight is 345 g/mol. The van der Waals surface area contributed by atoms with E-state index in [2.05, 4.69) is 15.5 Å². The molecule has 1 aliphatic heterocycles. The molecule has 0 unspecified atom stereocenters. The van der Waals surface area contributed by atoms with Gasteiger partial charge in [-0.2, -0.15) is 5.26 Å². The number of esters is 1. The number of aromatic nitrogens is 3. The summed E-state index contributed by atoms with van der Waals surface area (Å²) < 4.78 is 6.75. The Morgan fingerprint density at radius 1 is 1.46 bits per heavy atom. The fourth-order valence-corrected chi connectivity index (χ4v) is 3.65. The molecule has 3 rings (SSSR count). The molecule has 0 spiro atoms. The van der Waals surface area contributed by atoms with Gasteiger partial charge < -0.3 is 14.6 Å². The number of nitrogens with one attached hydrogen (secondary N) is 1. The number of ether oxygens (including phenoxy) is 1. The van der Waals surface area contributed by atoms with E-state index in [1.807, 2.05) is 6.07 Å². The molecule has 24 heavy (non-hydrogen) atoms. The van der Waals surface area contributed by atoms with Crippen LogP contribution >= 0.6 is 11.3 Å². The monoisotopic (exact) mass is 345 g/mol. The van der Waals surface area contributed by atoms with E-state index >= 15 is 0 Å². The number of hydrogen-bond acceptors (Lipinski definition) is 7. The van der Waals surface area contributed by atoms with Gasteiger partial charge in [-0.3, -0.25) is 4.79 Å². The number of thiophene rings is 1. The van der Waals surface area contributed by atoms with Crippen LogP contribution in [0, 0.1) is 18.3 Å². The molecule has 1 aliphatic rings. The van der Waals surface area contributed by atoms with Crippen LogP contribution < -0.4 is 5.32 Å². The maximum absolute atomic E-state index is 12.5. The lowest BCUT2D eigenvalue weighted by Crippen LogP contribution is -2.17. The highest BCUT2D eigenvalue weighted by Crippen LogP contribution is 2.33. The summed E-state index contributed by atoms with van der Waals surface area (Å²) in [4.78, 5) is 24.7. The lowest BCUT2D eigenvalue weighted by molar-refractivity contribution is 0.0531. The summed E-state index contributed by atoms with van der Waals surface area (Å²) in [5.74, 6) is 0.0644. The zero-order valence-electron chi connectivity index (χ0n) is 13.3. The minimum atomic E-state index is -0.500. The highest BCUT2D eigenvalue weighted by atomic mass is 32.1. The molecule has 0 saturated heterocycles. The lowest BCUT2D eigenvalue weighted by atomic mass is 10.2. The van der Waals surface area contributed by atoms with Crippen molar-refractivity contribution in [2.75, 3.05) is 11.9 Å². The second kappa shape index (κ2) is 6.41. The first-order valence-corrected chi connectivity index (χ1v) is 8.32. The van der Waals surface area contributed by atoms with Crippen molar-refractivity contribution >= 4 is 28.2 Å². The second-order valence-corrected chi connectivity index (χ2v) is 6.26. The fourth-order valence-electron chi connectivity index (χ4n) is 2.61. The minimum Gasteiger partial charge on any atom is -0.462 e. The number of amides is 1. The van der Waals surface area contributed by atoms with Crippen LogP contribution in [0.1, 0.15) is 50.6 Å². The molecule has 8 nitrogen and oxygen atoms in total. The van der Waals surface area contributed by atoms with E-state index in [-0.39, 0.29) is 18.0 Å². The van der Waals surface area contributed by atoms with Gasteiger partial charge in [-0.25, -0.2) is 4.79 Å². The summed E-state index contributed by atoms with van der Waals surface area (Å²) in [6.45, 7) is 4.31. The quantitative estimate of drug-likeness (QED) is 0.847.